The summed E-state index contributed by atoms with van der Waals surface area (Å²) >= 11 is 2.05. The SMILES string of the molecule is CC(C)(C)c1ccc2c(c1)B1c3c(cc(-c4ccc(N(c5ccccc5)c5ccccc5)cc4)cc3N(c3ccc4c(c3)C(C)(C)CCC4(C)C)c3sc4cc5c(cc4c31)C1(C)CCC5(C)C1)N2c1ccc2c(c1)C(C)(C)CCC2(C)C. The van der Waals surface area contributed by atoms with Crippen molar-refractivity contribution in [2.24, 2.45) is 0 Å². The summed E-state index contributed by atoms with van der Waals surface area (Å²) in [5.74, 6) is 0. The molecule has 82 heavy (non-hydrogen) atoms. The van der Waals surface area contributed by atoms with Crippen LogP contribution in [0.2, 0.25) is 0 Å². The number of nitrogens with zero attached hydrogens (tertiary/aromatic N) is 3. The van der Waals surface area contributed by atoms with Crippen LogP contribution in [0.4, 0.5) is 50.5 Å². The minimum atomic E-state index is -0.0505. The summed E-state index contributed by atoms with van der Waals surface area (Å²) in [6.07, 6.45) is 8.49. The van der Waals surface area contributed by atoms with Crippen LogP contribution >= 0.6 is 11.3 Å². The predicted molar refractivity (Wildman–Crippen MR) is 354 cm³/mol. The molecule has 0 amide bonds. The van der Waals surface area contributed by atoms with E-state index in [1.807, 2.05) is 11.3 Å². The molecule has 0 N–H and O–H groups in total. The van der Waals surface area contributed by atoms with Gasteiger partial charge in [-0.2, -0.15) is 0 Å². The highest BCUT2D eigenvalue weighted by molar-refractivity contribution is 7.26. The maximum absolute atomic E-state index is 2.76. The number of rotatable bonds is 6. The van der Waals surface area contributed by atoms with E-state index in [1.54, 1.807) is 11.1 Å². The van der Waals surface area contributed by atoms with Crippen LogP contribution in [-0.4, -0.2) is 6.71 Å². The molecule has 9 aromatic rings. The van der Waals surface area contributed by atoms with Crippen molar-refractivity contribution in [3.8, 4) is 11.1 Å². The zero-order chi connectivity index (χ0) is 56.8. The van der Waals surface area contributed by atoms with Crippen molar-refractivity contribution in [1.29, 1.82) is 0 Å². The molecule has 1 saturated carbocycles. The molecule has 4 aliphatic carbocycles. The monoisotopic (exact) mass is 1090 g/mol. The lowest BCUT2D eigenvalue weighted by Gasteiger charge is -2.46. The van der Waals surface area contributed by atoms with Crippen molar-refractivity contribution in [2.75, 3.05) is 14.7 Å². The van der Waals surface area contributed by atoms with Gasteiger partial charge in [-0.25, -0.2) is 0 Å². The molecule has 2 aliphatic heterocycles. The van der Waals surface area contributed by atoms with Crippen molar-refractivity contribution < 1.29 is 0 Å². The van der Waals surface area contributed by atoms with Gasteiger partial charge in [-0.05, 0) is 246 Å². The third kappa shape index (κ3) is 7.66. The third-order valence-electron chi connectivity index (χ3n) is 21.7. The van der Waals surface area contributed by atoms with Crippen molar-refractivity contribution in [1.82, 2.24) is 0 Å². The average molecular weight is 1090 g/mol. The van der Waals surface area contributed by atoms with Crippen LogP contribution in [0.5, 0.6) is 0 Å². The maximum Gasteiger partial charge on any atom is 0.254 e. The van der Waals surface area contributed by atoms with Gasteiger partial charge in [0.05, 0.1) is 5.00 Å². The topological polar surface area (TPSA) is 9.72 Å². The van der Waals surface area contributed by atoms with E-state index in [4.69, 9.17) is 0 Å². The largest absolute Gasteiger partial charge is 0.311 e. The van der Waals surface area contributed by atoms with Gasteiger partial charge in [0.1, 0.15) is 0 Å². The summed E-state index contributed by atoms with van der Waals surface area (Å²) in [5, 5.41) is 2.81. The average Bonchev–Trinajstić information content (AvgIpc) is 1.65. The second-order valence-corrected chi connectivity index (χ2v) is 31.1. The van der Waals surface area contributed by atoms with Crippen molar-refractivity contribution in [2.45, 2.75) is 173 Å². The number of anilines is 9. The molecule has 0 saturated heterocycles. The highest BCUT2D eigenvalue weighted by Crippen LogP contribution is 2.62. The first-order chi connectivity index (χ1) is 38.9. The minimum absolute atomic E-state index is 0.00122. The van der Waals surface area contributed by atoms with E-state index in [2.05, 4.69) is 269 Å². The van der Waals surface area contributed by atoms with Crippen LogP contribution in [0.1, 0.15) is 174 Å². The quantitative estimate of drug-likeness (QED) is 0.154. The highest BCUT2D eigenvalue weighted by Gasteiger charge is 2.54. The summed E-state index contributed by atoms with van der Waals surface area (Å²) in [4.78, 5) is 7.84. The van der Waals surface area contributed by atoms with Gasteiger partial charge in [-0.15, -0.1) is 11.3 Å². The van der Waals surface area contributed by atoms with Crippen molar-refractivity contribution in [3.05, 3.63) is 203 Å². The molecule has 8 aromatic carbocycles. The van der Waals surface area contributed by atoms with Gasteiger partial charge >= 0.3 is 0 Å². The van der Waals surface area contributed by atoms with Crippen LogP contribution in [0, 0.1) is 0 Å². The van der Waals surface area contributed by atoms with E-state index in [0.29, 0.717) is 0 Å². The zero-order valence-corrected chi connectivity index (χ0v) is 51.7. The number of hydrogen-bond acceptors (Lipinski definition) is 4. The molecule has 6 aliphatic rings. The van der Waals surface area contributed by atoms with Crippen LogP contribution in [0.25, 0.3) is 21.2 Å². The molecular formula is C77H80BN3S. The number of hydrogen-bond donors (Lipinski definition) is 0. The molecule has 3 heterocycles. The summed E-state index contributed by atoms with van der Waals surface area (Å²) in [5.41, 5.74) is 27.6. The highest BCUT2D eigenvalue weighted by atomic mass is 32.1. The fourth-order valence-electron chi connectivity index (χ4n) is 16.6. The Kier molecular flexibility index (Phi) is 11.0. The molecule has 15 rings (SSSR count). The second kappa shape index (κ2) is 17.4. The Hall–Kier alpha value is -6.82. The molecule has 2 unspecified atom stereocenters. The summed E-state index contributed by atoms with van der Waals surface area (Å²) in [6, 6.07) is 64.4. The molecule has 2 bridgehead atoms. The van der Waals surface area contributed by atoms with E-state index in [1.165, 1.54) is 137 Å². The van der Waals surface area contributed by atoms with Gasteiger partial charge in [-0.1, -0.05) is 163 Å². The summed E-state index contributed by atoms with van der Waals surface area (Å²) in [6.45, 7) is 32.1. The molecule has 1 aromatic heterocycles. The predicted octanol–water partition coefficient (Wildman–Crippen LogP) is 19.8. The lowest BCUT2D eigenvalue weighted by Crippen LogP contribution is -2.61. The van der Waals surface area contributed by atoms with E-state index < -0.39 is 0 Å². The minimum Gasteiger partial charge on any atom is -0.311 e. The Morgan fingerprint density at radius 2 is 0.927 bits per heavy atom. The number of fused-ring (bicyclic) bond motifs is 13. The Bertz CT molecular complexity index is 4080. The molecule has 1 fully saturated rings. The van der Waals surface area contributed by atoms with E-state index in [0.717, 1.165) is 23.5 Å². The first-order valence-electron chi connectivity index (χ1n) is 30.8. The fraction of sp³-hybridized carbons (Fsp3) is 0.351. The summed E-state index contributed by atoms with van der Waals surface area (Å²) < 4.78 is 1.42. The van der Waals surface area contributed by atoms with Gasteiger partial charge in [0, 0.05) is 50.2 Å². The Labute approximate surface area is 493 Å². The van der Waals surface area contributed by atoms with Crippen LogP contribution < -0.4 is 31.1 Å². The second-order valence-electron chi connectivity index (χ2n) is 30.1. The van der Waals surface area contributed by atoms with Gasteiger partial charge in [0.15, 0.2) is 0 Å². The van der Waals surface area contributed by atoms with Crippen LogP contribution in [-0.2, 0) is 37.9 Å². The smallest absolute Gasteiger partial charge is 0.254 e. The third-order valence-corrected chi connectivity index (χ3v) is 22.8. The number of para-hydroxylation sites is 2. The maximum atomic E-state index is 2.76. The van der Waals surface area contributed by atoms with Gasteiger partial charge in [0.2, 0.25) is 0 Å². The zero-order valence-electron chi connectivity index (χ0n) is 50.9. The first-order valence-corrected chi connectivity index (χ1v) is 31.6. The Morgan fingerprint density at radius 3 is 1.48 bits per heavy atom. The first kappa shape index (κ1) is 52.0. The molecule has 0 radical (unpaired) electrons. The standard InChI is InChI=1S/C77H80BN3S/c1-71(2,3)50-26-33-64-63(42-50)78-68-56-45-61-62(77(13)39-38-76(61,12)47-77)46-67(56)82-70(68)81(55-30-32-58-60(44-55)75(10,11)37-35-73(58,6)7)66-41-49(48-24-27-53(28-25-48)79(51-20-16-14-17-21-51)52-22-18-15-19-23-52)40-65(69(66)78)80(64)54-29-31-57-59(43-54)74(8,9)36-34-72(57,4)5/h14-33,40-46H,34-39,47H2,1-13H3. The lowest BCUT2D eigenvalue weighted by atomic mass is 9.33. The van der Waals surface area contributed by atoms with Crippen molar-refractivity contribution >= 4 is 95.0 Å². The van der Waals surface area contributed by atoms with E-state index in [-0.39, 0.29) is 44.6 Å². The lowest BCUT2D eigenvalue weighted by molar-refractivity contribution is 0.332. The van der Waals surface area contributed by atoms with Gasteiger partial charge in [-0.3, -0.25) is 0 Å². The molecule has 2 atom stereocenters. The fourth-order valence-corrected chi connectivity index (χ4v) is 17.9. The van der Waals surface area contributed by atoms with Gasteiger partial charge in [0.25, 0.3) is 6.71 Å². The Balaban J connectivity index is 1.04. The van der Waals surface area contributed by atoms with Crippen molar-refractivity contribution in [3.63, 3.8) is 0 Å². The normalized spacial score (nSPS) is 21.8. The molecular weight excluding hydrogens is 1010 g/mol. The number of benzene rings is 8. The molecule has 0 spiro atoms. The summed E-state index contributed by atoms with van der Waals surface area (Å²) in [7, 11) is 0. The van der Waals surface area contributed by atoms with Crippen LogP contribution in [0.15, 0.2) is 164 Å². The molecule has 3 nitrogen and oxygen atoms in total. The van der Waals surface area contributed by atoms with E-state index in [9.17, 15) is 0 Å². The van der Waals surface area contributed by atoms with E-state index >= 15 is 0 Å². The number of thiophene rings is 1. The molecule has 412 valence electrons. The van der Waals surface area contributed by atoms with Gasteiger partial charge < -0.3 is 14.7 Å². The Morgan fingerprint density at radius 1 is 0.427 bits per heavy atom. The molecule has 5 heteroatoms. The van der Waals surface area contributed by atoms with Crippen LogP contribution in [0.3, 0.4) is 0 Å².